The molecule has 0 spiro atoms. The van der Waals surface area contributed by atoms with Gasteiger partial charge in [-0.05, 0) is 31.2 Å². The highest BCUT2D eigenvalue weighted by Crippen LogP contribution is 2.18. The Morgan fingerprint density at radius 3 is 2.32 bits per heavy atom. The van der Waals surface area contributed by atoms with Crippen LogP contribution < -0.4 is 5.32 Å². The van der Waals surface area contributed by atoms with Crippen LogP contribution in [0, 0.1) is 0 Å². The highest BCUT2D eigenvalue weighted by molar-refractivity contribution is 7.89. The number of alkyl carbamates (subject to hydrolysis) is 1. The van der Waals surface area contributed by atoms with Gasteiger partial charge in [-0.15, -0.1) is 0 Å². The van der Waals surface area contributed by atoms with Crippen LogP contribution in [0.2, 0.25) is 5.02 Å². The summed E-state index contributed by atoms with van der Waals surface area (Å²) in [5, 5.41) is 2.36. The Morgan fingerprint density at radius 1 is 1.23 bits per heavy atom. The number of nitrogens with zero attached hydrogens (tertiary/aromatic N) is 1. The molecule has 1 rings (SSSR count). The first-order valence-corrected chi connectivity index (χ1v) is 8.35. The number of nitrogens with one attached hydrogen (secondary N) is 1. The number of amides is 2. The largest absolute Gasteiger partial charge is 0.450 e. The second kappa shape index (κ2) is 8.11. The highest BCUT2D eigenvalue weighted by Gasteiger charge is 2.25. The van der Waals surface area contributed by atoms with Crippen molar-refractivity contribution in [3.05, 3.63) is 29.3 Å². The Labute approximate surface area is 134 Å². The maximum Gasteiger partial charge on any atom is 0.413 e. The van der Waals surface area contributed by atoms with Gasteiger partial charge in [0.1, 0.15) is 0 Å². The van der Waals surface area contributed by atoms with E-state index in [1.54, 1.807) is 13.8 Å². The van der Waals surface area contributed by atoms with Crippen molar-refractivity contribution in [2.24, 2.45) is 0 Å². The molecule has 1 aromatic carbocycles. The topological polar surface area (TPSA) is 92.8 Å². The van der Waals surface area contributed by atoms with Crippen molar-refractivity contribution in [1.29, 1.82) is 0 Å². The number of carbonyl (C=O) groups excluding carboxylic acids is 2. The third-order valence-electron chi connectivity index (χ3n) is 2.64. The Bertz CT molecular complexity index is 630. The second-order valence-electron chi connectivity index (χ2n) is 4.15. The maximum atomic E-state index is 12.4. The minimum absolute atomic E-state index is 0.0164. The van der Waals surface area contributed by atoms with Crippen molar-refractivity contribution in [2.75, 3.05) is 19.7 Å². The van der Waals surface area contributed by atoms with Crippen molar-refractivity contribution >= 4 is 33.6 Å². The van der Waals surface area contributed by atoms with Crippen LogP contribution >= 0.6 is 11.6 Å². The molecule has 0 saturated heterocycles. The third kappa shape index (κ3) is 4.97. The molecule has 0 radical (unpaired) electrons. The molecule has 0 bridgehead atoms. The van der Waals surface area contributed by atoms with E-state index in [9.17, 15) is 18.0 Å². The average molecular weight is 349 g/mol. The van der Waals surface area contributed by atoms with Gasteiger partial charge in [0.15, 0.2) is 0 Å². The van der Waals surface area contributed by atoms with Gasteiger partial charge in [0, 0.05) is 11.6 Å². The van der Waals surface area contributed by atoms with Crippen LogP contribution in [0.1, 0.15) is 13.8 Å². The fraction of sp³-hybridized carbons (Fsp3) is 0.385. The summed E-state index contributed by atoms with van der Waals surface area (Å²) in [5.74, 6) is -0.766. The summed E-state index contributed by atoms with van der Waals surface area (Å²) in [6.07, 6.45) is -0.910. The average Bonchev–Trinajstić information content (AvgIpc) is 2.45. The molecule has 0 aliphatic carbocycles. The Hall–Kier alpha value is -1.64. The van der Waals surface area contributed by atoms with Crippen LogP contribution in [0.5, 0.6) is 0 Å². The molecule has 0 aliphatic heterocycles. The van der Waals surface area contributed by atoms with Crippen molar-refractivity contribution in [3.8, 4) is 0 Å². The Morgan fingerprint density at radius 2 is 1.82 bits per heavy atom. The SMILES string of the molecule is CCOC(=O)NC(=O)CN(CC)S(=O)(=O)c1ccc(Cl)cc1. The van der Waals surface area contributed by atoms with Crippen LogP contribution in [-0.2, 0) is 19.6 Å². The van der Waals surface area contributed by atoms with Crippen LogP contribution in [0.25, 0.3) is 0 Å². The summed E-state index contributed by atoms with van der Waals surface area (Å²) >= 11 is 5.72. The van der Waals surface area contributed by atoms with Crippen LogP contribution in [0.4, 0.5) is 4.79 Å². The van der Waals surface area contributed by atoms with E-state index in [1.165, 1.54) is 24.3 Å². The van der Waals surface area contributed by atoms with Crippen LogP contribution in [0.3, 0.4) is 0 Å². The molecule has 122 valence electrons. The number of benzene rings is 1. The summed E-state index contributed by atoms with van der Waals surface area (Å²) < 4.78 is 30.3. The summed E-state index contributed by atoms with van der Waals surface area (Å²) in [4.78, 5) is 22.9. The van der Waals surface area contributed by atoms with Gasteiger partial charge in [-0.1, -0.05) is 18.5 Å². The lowest BCUT2D eigenvalue weighted by Gasteiger charge is -2.19. The van der Waals surface area contributed by atoms with Gasteiger partial charge in [0.05, 0.1) is 18.0 Å². The molecule has 1 aromatic rings. The number of ether oxygens (including phenoxy) is 1. The smallest absolute Gasteiger partial charge is 0.413 e. The van der Waals surface area contributed by atoms with E-state index in [-0.39, 0.29) is 18.0 Å². The maximum absolute atomic E-state index is 12.4. The number of imide groups is 1. The van der Waals surface area contributed by atoms with Crippen LogP contribution in [0.15, 0.2) is 29.2 Å². The molecule has 1 N–H and O–H groups in total. The Balaban J connectivity index is 2.84. The van der Waals surface area contributed by atoms with Crippen molar-refractivity contribution in [3.63, 3.8) is 0 Å². The standard InChI is InChI=1S/C13H17ClN2O5S/c1-3-16(9-12(17)15-13(18)21-4-2)22(19,20)11-7-5-10(14)6-8-11/h5-8H,3-4,9H2,1-2H3,(H,15,17,18). The predicted molar refractivity (Wildman–Crippen MR) is 81.0 cm³/mol. The molecular formula is C13H17ClN2O5S. The summed E-state index contributed by atoms with van der Waals surface area (Å²) in [6, 6.07) is 5.59. The third-order valence-corrected chi connectivity index (χ3v) is 4.83. The van der Waals surface area contributed by atoms with Gasteiger partial charge in [-0.25, -0.2) is 13.2 Å². The minimum atomic E-state index is -3.85. The van der Waals surface area contributed by atoms with E-state index >= 15 is 0 Å². The number of halogens is 1. The van der Waals surface area contributed by atoms with Gasteiger partial charge in [0.2, 0.25) is 15.9 Å². The second-order valence-corrected chi connectivity index (χ2v) is 6.53. The zero-order chi connectivity index (χ0) is 16.8. The molecule has 0 heterocycles. The molecule has 0 unspecified atom stereocenters. The van der Waals surface area contributed by atoms with E-state index in [2.05, 4.69) is 4.74 Å². The monoisotopic (exact) mass is 348 g/mol. The molecule has 9 heteroatoms. The van der Waals surface area contributed by atoms with Gasteiger partial charge >= 0.3 is 6.09 Å². The fourth-order valence-corrected chi connectivity index (χ4v) is 3.13. The van der Waals surface area contributed by atoms with E-state index in [0.29, 0.717) is 5.02 Å². The van der Waals surface area contributed by atoms with Gasteiger partial charge < -0.3 is 4.74 Å². The minimum Gasteiger partial charge on any atom is -0.450 e. The molecular weight excluding hydrogens is 332 g/mol. The number of hydrogen-bond acceptors (Lipinski definition) is 5. The van der Waals surface area contributed by atoms with E-state index < -0.39 is 28.6 Å². The number of sulfonamides is 1. The molecule has 0 aliphatic rings. The first-order valence-electron chi connectivity index (χ1n) is 6.53. The van der Waals surface area contributed by atoms with E-state index in [1.807, 2.05) is 5.32 Å². The number of hydrogen-bond donors (Lipinski definition) is 1. The molecule has 0 fully saturated rings. The molecule has 7 nitrogen and oxygen atoms in total. The van der Waals surface area contributed by atoms with Crippen molar-refractivity contribution in [2.45, 2.75) is 18.7 Å². The quantitative estimate of drug-likeness (QED) is 0.843. The van der Waals surface area contributed by atoms with E-state index in [0.717, 1.165) is 4.31 Å². The summed E-state index contributed by atoms with van der Waals surface area (Å²) in [7, 11) is -3.85. The highest BCUT2D eigenvalue weighted by atomic mass is 35.5. The van der Waals surface area contributed by atoms with Crippen molar-refractivity contribution in [1.82, 2.24) is 9.62 Å². The fourth-order valence-electron chi connectivity index (χ4n) is 1.60. The van der Waals surface area contributed by atoms with Gasteiger partial charge in [-0.3, -0.25) is 10.1 Å². The number of likely N-dealkylation sites (N-methyl/N-ethyl adjacent to an activating group) is 1. The van der Waals surface area contributed by atoms with Crippen LogP contribution in [-0.4, -0.2) is 44.4 Å². The predicted octanol–water partition coefficient (Wildman–Crippen LogP) is 1.62. The molecule has 0 saturated carbocycles. The lowest BCUT2D eigenvalue weighted by Crippen LogP contribution is -2.42. The lowest BCUT2D eigenvalue weighted by molar-refractivity contribution is -0.120. The normalized spacial score (nSPS) is 11.3. The zero-order valence-electron chi connectivity index (χ0n) is 12.2. The first kappa shape index (κ1) is 18.4. The molecule has 22 heavy (non-hydrogen) atoms. The molecule has 0 atom stereocenters. The zero-order valence-corrected chi connectivity index (χ0v) is 13.8. The number of carbonyl (C=O) groups is 2. The van der Waals surface area contributed by atoms with Gasteiger partial charge in [0.25, 0.3) is 0 Å². The molecule has 2 amide bonds. The van der Waals surface area contributed by atoms with Crippen molar-refractivity contribution < 1.29 is 22.7 Å². The van der Waals surface area contributed by atoms with E-state index in [4.69, 9.17) is 11.6 Å². The lowest BCUT2D eigenvalue weighted by atomic mass is 10.4. The first-order chi connectivity index (χ1) is 10.3. The summed E-state index contributed by atoms with van der Waals surface area (Å²) in [6.45, 7) is 2.87. The summed E-state index contributed by atoms with van der Waals surface area (Å²) in [5.41, 5.74) is 0. The molecule has 0 aromatic heterocycles. The van der Waals surface area contributed by atoms with Gasteiger partial charge in [-0.2, -0.15) is 4.31 Å². The Kier molecular flexibility index (Phi) is 6.79. The number of rotatable bonds is 6.